The van der Waals surface area contributed by atoms with Gasteiger partial charge in [-0.3, -0.25) is 9.59 Å². The van der Waals surface area contributed by atoms with Gasteiger partial charge in [0.05, 0.1) is 7.11 Å². The number of aryl methyl sites for hydroxylation is 1. The highest BCUT2D eigenvalue weighted by atomic mass is 16.5. The van der Waals surface area contributed by atoms with Crippen molar-refractivity contribution in [3.8, 4) is 5.75 Å². The molecule has 0 unspecified atom stereocenters. The summed E-state index contributed by atoms with van der Waals surface area (Å²) < 4.78 is 5.12. The van der Waals surface area contributed by atoms with Crippen LogP contribution in [0.1, 0.15) is 18.1 Å². The third-order valence-electron chi connectivity index (χ3n) is 3.98. The highest BCUT2D eigenvalue weighted by Gasteiger charge is 2.16. The van der Waals surface area contributed by atoms with Crippen LogP contribution in [-0.2, 0) is 16.0 Å². The minimum absolute atomic E-state index is 0.0167. The maximum atomic E-state index is 12.2. The van der Waals surface area contributed by atoms with Crippen LogP contribution in [0.25, 0.3) is 0 Å². The van der Waals surface area contributed by atoms with E-state index in [9.17, 15) is 9.59 Å². The van der Waals surface area contributed by atoms with Crippen molar-refractivity contribution in [2.45, 2.75) is 20.3 Å². The molecule has 0 radical (unpaired) electrons. The van der Waals surface area contributed by atoms with Gasteiger partial charge in [-0.05, 0) is 42.7 Å². The summed E-state index contributed by atoms with van der Waals surface area (Å²) in [6.45, 7) is 3.93. The van der Waals surface area contributed by atoms with E-state index < -0.39 is 0 Å². The van der Waals surface area contributed by atoms with Crippen molar-refractivity contribution in [2.24, 2.45) is 0 Å². The molecular formula is C20H24N2O3. The van der Waals surface area contributed by atoms with Crippen LogP contribution in [0, 0.1) is 6.92 Å². The number of anilines is 1. The Hall–Kier alpha value is -2.82. The van der Waals surface area contributed by atoms with Crippen molar-refractivity contribution >= 4 is 17.5 Å². The SMILES string of the molecule is COc1ccc(CCNC(=O)CN(C(C)=O)c2ccccc2C)cc1. The van der Waals surface area contributed by atoms with Crippen LogP contribution in [0.4, 0.5) is 5.69 Å². The Morgan fingerprint density at radius 3 is 2.36 bits per heavy atom. The summed E-state index contributed by atoms with van der Waals surface area (Å²) in [5.41, 5.74) is 2.84. The van der Waals surface area contributed by atoms with Gasteiger partial charge >= 0.3 is 0 Å². The molecule has 0 bridgehead atoms. The topological polar surface area (TPSA) is 58.6 Å². The molecular weight excluding hydrogens is 316 g/mol. The van der Waals surface area contributed by atoms with Gasteiger partial charge in [0, 0.05) is 19.2 Å². The average molecular weight is 340 g/mol. The number of carbonyl (C=O) groups is 2. The number of hydrogen-bond donors (Lipinski definition) is 1. The summed E-state index contributed by atoms with van der Waals surface area (Å²) in [6.07, 6.45) is 0.722. The summed E-state index contributed by atoms with van der Waals surface area (Å²) in [5.74, 6) is 0.481. The molecule has 5 nitrogen and oxygen atoms in total. The van der Waals surface area contributed by atoms with Crippen molar-refractivity contribution in [3.63, 3.8) is 0 Å². The van der Waals surface area contributed by atoms with E-state index >= 15 is 0 Å². The van der Waals surface area contributed by atoms with Crippen LogP contribution in [0.3, 0.4) is 0 Å². The molecule has 2 aromatic rings. The number of carbonyl (C=O) groups excluding carboxylic acids is 2. The fourth-order valence-corrected chi connectivity index (χ4v) is 2.57. The summed E-state index contributed by atoms with van der Waals surface area (Å²) in [4.78, 5) is 25.6. The third kappa shape index (κ3) is 5.35. The standard InChI is InChI=1S/C20H24N2O3/c1-15-6-4-5-7-19(15)22(16(2)23)14-20(24)21-13-12-17-8-10-18(25-3)11-9-17/h4-11H,12-14H2,1-3H3,(H,21,24). The van der Waals surface area contributed by atoms with E-state index in [1.807, 2.05) is 55.5 Å². The third-order valence-corrected chi connectivity index (χ3v) is 3.98. The Kier molecular flexibility index (Phi) is 6.57. The number of rotatable bonds is 7. The van der Waals surface area contributed by atoms with Crippen LogP contribution in [0.15, 0.2) is 48.5 Å². The Labute approximate surface area is 148 Å². The van der Waals surface area contributed by atoms with Gasteiger partial charge in [0.2, 0.25) is 11.8 Å². The molecule has 0 aliphatic rings. The molecule has 0 aliphatic carbocycles. The highest BCUT2D eigenvalue weighted by Crippen LogP contribution is 2.19. The van der Waals surface area contributed by atoms with E-state index in [4.69, 9.17) is 4.74 Å². The predicted molar refractivity (Wildman–Crippen MR) is 98.9 cm³/mol. The molecule has 0 fully saturated rings. The van der Waals surface area contributed by atoms with Crippen molar-refractivity contribution < 1.29 is 14.3 Å². The number of benzene rings is 2. The second-order valence-corrected chi connectivity index (χ2v) is 5.84. The molecule has 5 heteroatoms. The van der Waals surface area contributed by atoms with Crippen molar-refractivity contribution in [2.75, 3.05) is 25.1 Å². The fourth-order valence-electron chi connectivity index (χ4n) is 2.57. The van der Waals surface area contributed by atoms with Gasteiger partial charge in [-0.25, -0.2) is 0 Å². The van der Waals surface area contributed by atoms with E-state index in [1.54, 1.807) is 7.11 Å². The molecule has 1 N–H and O–H groups in total. The predicted octanol–water partition coefficient (Wildman–Crippen LogP) is 2.72. The number of hydrogen-bond acceptors (Lipinski definition) is 3. The zero-order valence-electron chi connectivity index (χ0n) is 14.9. The first-order chi connectivity index (χ1) is 12.0. The molecule has 2 amide bonds. The molecule has 132 valence electrons. The number of para-hydroxylation sites is 1. The monoisotopic (exact) mass is 340 g/mol. The number of ether oxygens (including phenoxy) is 1. The minimum Gasteiger partial charge on any atom is -0.497 e. The molecule has 2 aromatic carbocycles. The lowest BCUT2D eigenvalue weighted by molar-refractivity contribution is -0.123. The van der Waals surface area contributed by atoms with Gasteiger partial charge in [-0.2, -0.15) is 0 Å². The lowest BCUT2D eigenvalue weighted by Crippen LogP contribution is -2.40. The van der Waals surface area contributed by atoms with Crippen LogP contribution < -0.4 is 15.0 Å². The Bertz CT molecular complexity index is 726. The second-order valence-electron chi connectivity index (χ2n) is 5.84. The molecule has 0 atom stereocenters. The average Bonchev–Trinajstić information content (AvgIpc) is 2.61. The number of nitrogens with zero attached hydrogens (tertiary/aromatic N) is 1. The Morgan fingerprint density at radius 2 is 1.76 bits per heavy atom. The van der Waals surface area contributed by atoms with E-state index in [1.165, 1.54) is 11.8 Å². The van der Waals surface area contributed by atoms with Crippen molar-refractivity contribution in [1.29, 1.82) is 0 Å². The van der Waals surface area contributed by atoms with E-state index in [2.05, 4.69) is 5.32 Å². The molecule has 0 aliphatic heterocycles. The van der Waals surface area contributed by atoms with E-state index in [0.717, 1.165) is 29.0 Å². The maximum absolute atomic E-state index is 12.2. The highest BCUT2D eigenvalue weighted by molar-refractivity contribution is 5.98. The van der Waals surface area contributed by atoms with Crippen molar-refractivity contribution in [3.05, 3.63) is 59.7 Å². The first-order valence-electron chi connectivity index (χ1n) is 8.24. The summed E-state index contributed by atoms with van der Waals surface area (Å²) in [6, 6.07) is 15.3. The maximum Gasteiger partial charge on any atom is 0.240 e. The van der Waals surface area contributed by atoms with E-state index in [-0.39, 0.29) is 18.4 Å². The van der Waals surface area contributed by atoms with Crippen LogP contribution >= 0.6 is 0 Å². The Morgan fingerprint density at radius 1 is 1.08 bits per heavy atom. The molecule has 0 saturated carbocycles. The molecule has 2 rings (SSSR count). The zero-order valence-corrected chi connectivity index (χ0v) is 14.9. The summed E-state index contributed by atoms with van der Waals surface area (Å²) >= 11 is 0. The summed E-state index contributed by atoms with van der Waals surface area (Å²) in [5, 5.41) is 2.87. The van der Waals surface area contributed by atoms with Crippen molar-refractivity contribution in [1.82, 2.24) is 5.32 Å². The largest absolute Gasteiger partial charge is 0.497 e. The smallest absolute Gasteiger partial charge is 0.240 e. The first kappa shape index (κ1) is 18.5. The van der Waals surface area contributed by atoms with Gasteiger partial charge < -0.3 is 15.0 Å². The van der Waals surface area contributed by atoms with Crippen LogP contribution in [0.2, 0.25) is 0 Å². The molecule has 0 spiro atoms. The van der Waals surface area contributed by atoms with E-state index in [0.29, 0.717) is 6.54 Å². The number of amides is 2. The van der Waals surface area contributed by atoms with Gasteiger partial charge in [0.25, 0.3) is 0 Å². The summed E-state index contributed by atoms with van der Waals surface area (Å²) in [7, 11) is 1.63. The lowest BCUT2D eigenvalue weighted by Gasteiger charge is -2.22. The van der Waals surface area contributed by atoms with Crippen LogP contribution in [0.5, 0.6) is 5.75 Å². The number of methoxy groups -OCH3 is 1. The molecule has 0 saturated heterocycles. The molecule has 25 heavy (non-hydrogen) atoms. The Balaban J connectivity index is 1.89. The number of nitrogens with one attached hydrogen (secondary N) is 1. The second kappa shape index (κ2) is 8.87. The lowest BCUT2D eigenvalue weighted by atomic mass is 10.1. The van der Waals surface area contributed by atoms with Gasteiger partial charge in [0.15, 0.2) is 0 Å². The van der Waals surface area contributed by atoms with Crippen LogP contribution in [-0.4, -0.2) is 32.0 Å². The van der Waals surface area contributed by atoms with Gasteiger partial charge in [-0.1, -0.05) is 30.3 Å². The minimum atomic E-state index is -0.174. The molecule has 0 aromatic heterocycles. The fraction of sp³-hybridized carbons (Fsp3) is 0.300. The first-order valence-corrected chi connectivity index (χ1v) is 8.24. The zero-order chi connectivity index (χ0) is 18.2. The molecule has 0 heterocycles. The van der Waals surface area contributed by atoms with Gasteiger partial charge in [-0.15, -0.1) is 0 Å². The quantitative estimate of drug-likeness (QED) is 0.843. The van der Waals surface area contributed by atoms with Gasteiger partial charge in [0.1, 0.15) is 12.3 Å². The normalized spacial score (nSPS) is 10.2.